The highest BCUT2D eigenvalue weighted by atomic mass is 16.5. The van der Waals surface area contributed by atoms with E-state index in [9.17, 15) is 10.2 Å². The topological polar surface area (TPSA) is 83.9 Å². The SMILES string of the molecule is COCCOCCOCCN1CCN(C/C=C/c2ccc(C3Oc4ccc(O)cc4C(C)=C3c3cccc(O)c3)cc2)CC1. The number of aromatic hydroxyl groups is 2. The van der Waals surface area contributed by atoms with Gasteiger partial charge in [-0.05, 0) is 59.5 Å². The Hall–Kier alpha value is -3.66. The van der Waals surface area contributed by atoms with E-state index < -0.39 is 0 Å². The zero-order valence-corrected chi connectivity index (χ0v) is 25.8. The molecule has 0 aromatic heterocycles. The molecular weight excluding hydrogens is 556 g/mol. The van der Waals surface area contributed by atoms with Crippen molar-refractivity contribution in [2.45, 2.75) is 13.0 Å². The summed E-state index contributed by atoms with van der Waals surface area (Å²) in [6, 6.07) is 20.9. The normalized spacial score (nSPS) is 17.6. The molecule has 0 aliphatic carbocycles. The van der Waals surface area contributed by atoms with Crippen LogP contribution in [0.25, 0.3) is 17.2 Å². The van der Waals surface area contributed by atoms with Gasteiger partial charge < -0.3 is 29.2 Å². The van der Waals surface area contributed by atoms with E-state index in [4.69, 9.17) is 18.9 Å². The second kappa shape index (κ2) is 15.9. The number of ether oxygens (including phenoxy) is 4. The lowest BCUT2D eigenvalue weighted by Gasteiger charge is -2.34. The average molecular weight is 601 g/mol. The molecule has 2 aliphatic heterocycles. The van der Waals surface area contributed by atoms with Crippen LogP contribution in [0.1, 0.15) is 35.3 Å². The van der Waals surface area contributed by atoms with Gasteiger partial charge in [-0.3, -0.25) is 9.80 Å². The fourth-order valence-corrected chi connectivity index (χ4v) is 5.69. The number of rotatable bonds is 14. The van der Waals surface area contributed by atoms with Crippen LogP contribution < -0.4 is 4.74 Å². The quantitative estimate of drug-likeness (QED) is 0.236. The molecule has 0 amide bonds. The molecule has 3 aromatic rings. The lowest BCUT2D eigenvalue weighted by Crippen LogP contribution is -2.47. The highest BCUT2D eigenvalue weighted by Gasteiger charge is 2.29. The smallest absolute Gasteiger partial charge is 0.150 e. The van der Waals surface area contributed by atoms with Crippen LogP contribution in [-0.2, 0) is 14.2 Å². The molecule has 234 valence electrons. The Labute approximate surface area is 260 Å². The van der Waals surface area contributed by atoms with Crippen LogP contribution in [0.4, 0.5) is 0 Å². The second-order valence-corrected chi connectivity index (χ2v) is 11.2. The molecule has 44 heavy (non-hydrogen) atoms. The Morgan fingerprint density at radius 3 is 2.27 bits per heavy atom. The second-order valence-electron chi connectivity index (χ2n) is 11.2. The Bertz CT molecular complexity index is 1410. The fraction of sp³-hybridized carbons (Fsp3) is 0.389. The highest BCUT2D eigenvalue weighted by molar-refractivity contribution is 5.95. The van der Waals surface area contributed by atoms with Crippen LogP contribution in [0.15, 0.2) is 72.8 Å². The zero-order chi connectivity index (χ0) is 30.7. The van der Waals surface area contributed by atoms with E-state index in [0.29, 0.717) is 26.4 Å². The number of phenolic OH excluding ortho intramolecular Hbond substituents is 2. The van der Waals surface area contributed by atoms with Crippen LogP contribution in [0.2, 0.25) is 0 Å². The summed E-state index contributed by atoms with van der Waals surface area (Å²) in [6.07, 6.45) is 4.07. The Balaban J connectivity index is 1.13. The molecule has 0 saturated carbocycles. The zero-order valence-electron chi connectivity index (χ0n) is 25.8. The van der Waals surface area contributed by atoms with Gasteiger partial charge in [0.15, 0.2) is 0 Å². The summed E-state index contributed by atoms with van der Waals surface area (Å²) in [4.78, 5) is 4.94. The van der Waals surface area contributed by atoms with Crippen LogP contribution in [0.3, 0.4) is 0 Å². The largest absolute Gasteiger partial charge is 0.508 e. The molecule has 1 unspecified atom stereocenters. The van der Waals surface area contributed by atoms with Crippen molar-refractivity contribution in [2.24, 2.45) is 0 Å². The third-order valence-electron chi connectivity index (χ3n) is 8.17. The van der Waals surface area contributed by atoms with Gasteiger partial charge in [-0.25, -0.2) is 0 Å². The van der Waals surface area contributed by atoms with Crippen molar-refractivity contribution in [3.63, 3.8) is 0 Å². The maximum atomic E-state index is 10.2. The Morgan fingerprint density at radius 1 is 0.818 bits per heavy atom. The minimum atomic E-state index is -0.345. The van der Waals surface area contributed by atoms with Crippen LogP contribution in [-0.4, -0.2) is 99.4 Å². The number of fused-ring (bicyclic) bond motifs is 1. The maximum Gasteiger partial charge on any atom is 0.150 e. The van der Waals surface area contributed by atoms with Gasteiger partial charge in [0.1, 0.15) is 23.4 Å². The first-order chi connectivity index (χ1) is 21.5. The number of allylic oxidation sites excluding steroid dienone is 1. The monoisotopic (exact) mass is 600 g/mol. The summed E-state index contributed by atoms with van der Waals surface area (Å²) in [5.74, 6) is 1.13. The van der Waals surface area contributed by atoms with E-state index in [1.165, 1.54) is 0 Å². The predicted molar refractivity (Wildman–Crippen MR) is 174 cm³/mol. The first kappa shape index (κ1) is 31.8. The van der Waals surface area contributed by atoms with E-state index in [1.807, 2.05) is 25.1 Å². The van der Waals surface area contributed by atoms with Crippen molar-refractivity contribution >= 4 is 17.2 Å². The number of hydrogen-bond acceptors (Lipinski definition) is 8. The molecule has 1 fully saturated rings. The van der Waals surface area contributed by atoms with Gasteiger partial charge in [-0.15, -0.1) is 0 Å². The fourth-order valence-electron chi connectivity index (χ4n) is 5.69. The molecule has 0 bridgehead atoms. The molecule has 5 rings (SSSR count). The number of methoxy groups -OCH3 is 1. The van der Waals surface area contributed by atoms with Gasteiger partial charge in [-0.1, -0.05) is 48.6 Å². The van der Waals surface area contributed by atoms with E-state index in [0.717, 1.165) is 85.0 Å². The number of nitrogens with zero attached hydrogens (tertiary/aromatic N) is 2. The van der Waals surface area contributed by atoms with Crippen LogP contribution in [0, 0.1) is 0 Å². The van der Waals surface area contributed by atoms with Crippen molar-refractivity contribution < 1.29 is 29.2 Å². The van der Waals surface area contributed by atoms with Crippen molar-refractivity contribution in [3.8, 4) is 17.2 Å². The van der Waals surface area contributed by atoms with Gasteiger partial charge in [0.25, 0.3) is 0 Å². The summed E-state index contributed by atoms with van der Waals surface area (Å²) >= 11 is 0. The number of hydrogen-bond donors (Lipinski definition) is 2. The molecule has 1 saturated heterocycles. The molecule has 2 heterocycles. The lowest BCUT2D eigenvalue weighted by molar-refractivity contribution is 0.0162. The molecule has 0 radical (unpaired) electrons. The van der Waals surface area contributed by atoms with Crippen molar-refractivity contribution in [2.75, 3.05) is 79.4 Å². The highest BCUT2D eigenvalue weighted by Crippen LogP contribution is 2.47. The first-order valence-corrected chi connectivity index (χ1v) is 15.4. The summed E-state index contributed by atoms with van der Waals surface area (Å²) in [7, 11) is 1.67. The standard InChI is InChI=1S/C36H44N2O6/c1-27-33-26-32(40)12-13-34(33)44-36(35(27)30-6-3-7-31(39)25-30)29-10-8-28(9-11-29)5-4-14-37-15-17-38(18-16-37)19-20-42-23-24-43-22-21-41-2/h3-13,25-26,36,39-40H,14-24H2,1-2H3/b5-4+. The molecule has 3 aromatic carbocycles. The van der Waals surface area contributed by atoms with Crippen molar-refractivity contribution in [1.82, 2.24) is 9.80 Å². The van der Waals surface area contributed by atoms with Crippen LogP contribution >= 0.6 is 0 Å². The van der Waals surface area contributed by atoms with Gasteiger partial charge >= 0.3 is 0 Å². The van der Waals surface area contributed by atoms with E-state index in [1.54, 1.807) is 31.4 Å². The third kappa shape index (κ3) is 8.49. The molecule has 8 nitrogen and oxygen atoms in total. The minimum Gasteiger partial charge on any atom is -0.508 e. The molecule has 0 spiro atoms. The van der Waals surface area contributed by atoms with Crippen molar-refractivity contribution in [3.05, 3.63) is 95.1 Å². The Kier molecular flexibility index (Phi) is 11.5. The van der Waals surface area contributed by atoms with Gasteiger partial charge in [0, 0.05) is 57.5 Å². The molecule has 2 aliphatic rings. The third-order valence-corrected chi connectivity index (χ3v) is 8.17. The minimum absolute atomic E-state index is 0.194. The molecule has 8 heteroatoms. The first-order valence-electron chi connectivity index (χ1n) is 15.4. The number of phenols is 2. The van der Waals surface area contributed by atoms with E-state index in [2.05, 4.69) is 46.2 Å². The number of piperazine rings is 1. The average Bonchev–Trinajstić information content (AvgIpc) is 3.03. The molecular formula is C36H44N2O6. The summed E-state index contributed by atoms with van der Waals surface area (Å²) in [6.45, 7) is 11.3. The Morgan fingerprint density at radius 2 is 1.52 bits per heavy atom. The molecule has 2 N–H and O–H groups in total. The predicted octanol–water partition coefficient (Wildman–Crippen LogP) is 5.47. The summed E-state index contributed by atoms with van der Waals surface area (Å²) in [5.41, 5.74) is 5.89. The van der Waals surface area contributed by atoms with E-state index >= 15 is 0 Å². The van der Waals surface area contributed by atoms with E-state index in [-0.39, 0.29) is 17.6 Å². The van der Waals surface area contributed by atoms with Gasteiger partial charge in [-0.2, -0.15) is 0 Å². The maximum absolute atomic E-state index is 10.2. The molecule has 1 atom stereocenters. The number of benzene rings is 3. The van der Waals surface area contributed by atoms with Gasteiger partial charge in [0.05, 0.1) is 33.0 Å². The van der Waals surface area contributed by atoms with Crippen molar-refractivity contribution in [1.29, 1.82) is 0 Å². The summed E-state index contributed by atoms with van der Waals surface area (Å²) in [5, 5.41) is 20.3. The summed E-state index contributed by atoms with van der Waals surface area (Å²) < 4.78 is 22.6. The van der Waals surface area contributed by atoms with Gasteiger partial charge in [0.2, 0.25) is 0 Å². The lowest BCUT2D eigenvalue weighted by atomic mass is 9.86. The van der Waals surface area contributed by atoms with Crippen LogP contribution in [0.5, 0.6) is 17.2 Å².